The second-order valence-corrected chi connectivity index (χ2v) is 5.28. The fourth-order valence-corrected chi connectivity index (χ4v) is 2.89. The zero-order valence-corrected chi connectivity index (χ0v) is 11.4. The number of aromatic amines is 1. The Labute approximate surface area is 117 Å². The molecule has 0 aliphatic rings. The monoisotopic (exact) mass is 257 g/mol. The molecule has 3 aromatic carbocycles. The lowest BCUT2D eigenvalue weighted by molar-refractivity contribution is 1.44. The van der Waals surface area contributed by atoms with Crippen molar-refractivity contribution in [3.05, 3.63) is 72.3 Å². The van der Waals surface area contributed by atoms with Crippen molar-refractivity contribution in [3.63, 3.8) is 0 Å². The van der Waals surface area contributed by atoms with Gasteiger partial charge >= 0.3 is 0 Å². The number of aromatic nitrogens is 1. The first kappa shape index (κ1) is 11.3. The van der Waals surface area contributed by atoms with Crippen molar-refractivity contribution in [2.24, 2.45) is 0 Å². The Bertz CT molecular complexity index is 882. The van der Waals surface area contributed by atoms with Gasteiger partial charge in [0.1, 0.15) is 0 Å². The molecule has 1 nitrogen and oxygen atoms in total. The molecule has 0 atom stereocenters. The topological polar surface area (TPSA) is 15.8 Å². The van der Waals surface area contributed by atoms with Crippen LogP contribution in [0.2, 0.25) is 0 Å². The van der Waals surface area contributed by atoms with Crippen LogP contribution in [-0.2, 0) is 0 Å². The molecule has 4 rings (SSSR count). The fraction of sp³-hybridized carbons (Fsp3) is 0.0526. The molecule has 4 aromatic rings. The number of nitrogens with one attached hydrogen (secondary N) is 1. The van der Waals surface area contributed by atoms with E-state index >= 15 is 0 Å². The Morgan fingerprint density at radius 1 is 0.750 bits per heavy atom. The highest BCUT2D eigenvalue weighted by molar-refractivity contribution is 5.92. The smallest absolute Gasteiger partial charge is 0.0465 e. The number of H-pyrrole nitrogens is 1. The van der Waals surface area contributed by atoms with E-state index in [0.29, 0.717) is 0 Å². The van der Waals surface area contributed by atoms with Crippen LogP contribution in [0, 0.1) is 6.92 Å². The molecular weight excluding hydrogens is 242 g/mol. The first-order valence-corrected chi connectivity index (χ1v) is 6.89. The van der Waals surface area contributed by atoms with Crippen LogP contribution >= 0.6 is 0 Å². The van der Waals surface area contributed by atoms with Gasteiger partial charge in [-0.1, -0.05) is 42.5 Å². The van der Waals surface area contributed by atoms with Gasteiger partial charge in [0.05, 0.1) is 0 Å². The van der Waals surface area contributed by atoms with Crippen molar-refractivity contribution in [3.8, 4) is 11.3 Å². The predicted molar refractivity (Wildman–Crippen MR) is 86.0 cm³/mol. The van der Waals surface area contributed by atoms with Crippen LogP contribution in [0.5, 0.6) is 0 Å². The van der Waals surface area contributed by atoms with E-state index in [4.69, 9.17) is 0 Å². The van der Waals surface area contributed by atoms with Crippen LogP contribution in [0.1, 0.15) is 5.56 Å². The number of para-hydroxylation sites is 1. The molecular formula is C19H15N. The molecule has 1 N–H and O–H groups in total. The van der Waals surface area contributed by atoms with Gasteiger partial charge in [0, 0.05) is 16.6 Å². The lowest BCUT2D eigenvalue weighted by atomic mass is 10.0. The van der Waals surface area contributed by atoms with Crippen molar-refractivity contribution >= 4 is 21.7 Å². The summed E-state index contributed by atoms with van der Waals surface area (Å²) in [5.74, 6) is 0. The Kier molecular flexibility index (Phi) is 2.40. The summed E-state index contributed by atoms with van der Waals surface area (Å²) >= 11 is 0. The summed E-state index contributed by atoms with van der Waals surface area (Å²) in [4.78, 5) is 3.50. The molecule has 0 fully saturated rings. The summed E-state index contributed by atoms with van der Waals surface area (Å²) in [7, 11) is 0. The number of rotatable bonds is 1. The summed E-state index contributed by atoms with van der Waals surface area (Å²) in [5, 5.41) is 3.88. The normalized spacial score (nSPS) is 11.2. The van der Waals surface area contributed by atoms with E-state index in [-0.39, 0.29) is 0 Å². The molecule has 1 aromatic heterocycles. The number of aryl methyl sites for hydroxylation is 1. The van der Waals surface area contributed by atoms with Gasteiger partial charge in [-0.2, -0.15) is 0 Å². The quantitative estimate of drug-likeness (QED) is 0.476. The first-order chi connectivity index (χ1) is 9.81. The van der Waals surface area contributed by atoms with Gasteiger partial charge < -0.3 is 4.98 Å². The maximum atomic E-state index is 3.50. The number of hydrogen-bond donors (Lipinski definition) is 1. The van der Waals surface area contributed by atoms with Crippen LogP contribution in [0.3, 0.4) is 0 Å². The molecule has 1 heterocycles. The summed E-state index contributed by atoms with van der Waals surface area (Å²) < 4.78 is 0. The van der Waals surface area contributed by atoms with E-state index < -0.39 is 0 Å². The Morgan fingerprint density at radius 3 is 2.35 bits per heavy atom. The highest BCUT2D eigenvalue weighted by Crippen LogP contribution is 2.29. The standard InChI is InChI=1S/C19H15N/c1-13-10-16(11-14-6-2-4-8-17(13)14)19-12-15-7-3-5-9-18(15)20-19/h2-12,20H,1H3. The second-order valence-electron chi connectivity index (χ2n) is 5.28. The molecule has 96 valence electrons. The third-order valence-corrected chi connectivity index (χ3v) is 3.91. The molecule has 0 radical (unpaired) electrons. The van der Waals surface area contributed by atoms with Gasteiger partial charge in [-0.25, -0.2) is 0 Å². The second kappa shape index (κ2) is 4.24. The number of fused-ring (bicyclic) bond motifs is 2. The summed E-state index contributed by atoms with van der Waals surface area (Å²) in [5.41, 5.74) is 4.93. The summed E-state index contributed by atoms with van der Waals surface area (Å²) in [6.45, 7) is 2.18. The van der Waals surface area contributed by atoms with Crippen molar-refractivity contribution in [1.29, 1.82) is 0 Å². The van der Waals surface area contributed by atoms with E-state index in [2.05, 4.69) is 78.6 Å². The van der Waals surface area contributed by atoms with E-state index in [9.17, 15) is 0 Å². The maximum absolute atomic E-state index is 3.50. The zero-order chi connectivity index (χ0) is 13.5. The summed E-state index contributed by atoms with van der Waals surface area (Å²) in [6, 6.07) is 23.7. The zero-order valence-electron chi connectivity index (χ0n) is 11.4. The molecule has 0 unspecified atom stereocenters. The molecule has 0 aliphatic heterocycles. The third-order valence-electron chi connectivity index (χ3n) is 3.91. The Balaban J connectivity index is 1.97. The Morgan fingerprint density at radius 2 is 1.50 bits per heavy atom. The Hall–Kier alpha value is -2.54. The molecule has 20 heavy (non-hydrogen) atoms. The minimum Gasteiger partial charge on any atom is -0.355 e. The third kappa shape index (κ3) is 1.71. The lowest BCUT2D eigenvalue weighted by Crippen LogP contribution is -1.83. The van der Waals surface area contributed by atoms with Gasteiger partial charge in [-0.3, -0.25) is 0 Å². The van der Waals surface area contributed by atoms with E-state index in [0.717, 1.165) is 0 Å². The van der Waals surface area contributed by atoms with Crippen LogP contribution in [0.25, 0.3) is 32.9 Å². The number of benzene rings is 3. The van der Waals surface area contributed by atoms with Crippen molar-refractivity contribution in [2.75, 3.05) is 0 Å². The van der Waals surface area contributed by atoms with E-state index in [1.54, 1.807) is 0 Å². The molecule has 0 saturated heterocycles. The average molecular weight is 257 g/mol. The van der Waals surface area contributed by atoms with Crippen molar-refractivity contribution in [2.45, 2.75) is 6.92 Å². The van der Waals surface area contributed by atoms with Crippen molar-refractivity contribution in [1.82, 2.24) is 4.98 Å². The minimum atomic E-state index is 1.18. The van der Waals surface area contributed by atoms with Crippen molar-refractivity contribution < 1.29 is 0 Å². The van der Waals surface area contributed by atoms with Crippen LogP contribution in [-0.4, -0.2) is 4.98 Å². The SMILES string of the molecule is Cc1cc(-c2cc3ccccc3[nH]2)cc2ccccc12. The molecule has 0 spiro atoms. The first-order valence-electron chi connectivity index (χ1n) is 6.89. The molecule has 0 amide bonds. The van der Waals surface area contributed by atoms with Gasteiger partial charge in [0.15, 0.2) is 0 Å². The largest absolute Gasteiger partial charge is 0.355 e. The summed E-state index contributed by atoms with van der Waals surface area (Å²) in [6.07, 6.45) is 0. The highest BCUT2D eigenvalue weighted by Gasteiger charge is 2.05. The molecule has 0 saturated carbocycles. The van der Waals surface area contributed by atoms with Crippen LogP contribution < -0.4 is 0 Å². The predicted octanol–water partition coefficient (Wildman–Crippen LogP) is 5.30. The lowest BCUT2D eigenvalue weighted by Gasteiger charge is -2.06. The fourth-order valence-electron chi connectivity index (χ4n) is 2.89. The molecule has 1 heteroatoms. The maximum Gasteiger partial charge on any atom is 0.0465 e. The molecule has 0 bridgehead atoms. The molecule has 0 aliphatic carbocycles. The number of hydrogen-bond acceptors (Lipinski definition) is 0. The van der Waals surface area contributed by atoms with Gasteiger partial charge in [-0.05, 0) is 53.1 Å². The van der Waals surface area contributed by atoms with Crippen LogP contribution in [0.15, 0.2) is 66.7 Å². The van der Waals surface area contributed by atoms with Crippen LogP contribution in [0.4, 0.5) is 0 Å². The van der Waals surface area contributed by atoms with Gasteiger partial charge in [0.2, 0.25) is 0 Å². The highest BCUT2D eigenvalue weighted by atomic mass is 14.7. The average Bonchev–Trinajstić information content (AvgIpc) is 2.91. The van der Waals surface area contributed by atoms with Gasteiger partial charge in [0.25, 0.3) is 0 Å². The van der Waals surface area contributed by atoms with E-state index in [1.807, 2.05) is 0 Å². The van der Waals surface area contributed by atoms with E-state index in [1.165, 1.54) is 38.5 Å². The van der Waals surface area contributed by atoms with Gasteiger partial charge in [-0.15, -0.1) is 0 Å². The minimum absolute atomic E-state index is 1.18.